The lowest BCUT2D eigenvalue weighted by Crippen LogP contribution is -2.18. The quantitative estimate of drug-likeness (QED) is 0.905. The zero-order chi connectivity index (χ0) is 13.1. The van der Waals surface area contributed by atoms with E-state index in [0.29, 0.717) is 6.54 Å². The van der Waals surface area contributed by atoms with Gasteiger partial charge in [0.15, 0.2) is 0 Å². The number of ether oxygens (including phenoxy) is 2. The van der Waals surface area contributed by atoms with Crippen LogP contribution in [0.1, 0.15) is 16.5 Å². The Morgan fingerprint density at radius 3 is 2.33 bits per heavy atom. The number of benzene rings is 1. The minimum atomic E-state index is 0.182. The third-order valence-corrected chi connectivity index (χ3v) is 4.31. The van der Waals surface area contributed by atoms with Crippen molar-refractivity contribution in [2.45, 2.75) is 11.9 Å². The molecule has 5 heteroatoms. The van der Waals surface area contributed by atoms with Gasteiger partial charge in [-0.1, -0.05) is 36.0 Å². The van der Waals surface area contributed by atoms with E-state index in [1.54, 1.807) is 26.0 Å². The van der Waals surface area contributed by atoms with Crippen LogP contribution in [0.2, 0.25) is 0 Å². The Balaban J connectivity index is 2.21. The lowest BCUT2D eigenvalue weighted by atomic mass is 10.1. The maximum absolute atomic E-state index is 5.60. The monoisotopic (exact) mass is 266 g/mol. The summed E-state index contributed by atoms with van der Waals surface area (Å²) in [6, 6.07) is 8.31. The first kappa shape index (κ1) is 13.1. The molecule has 0 aliphatic carbocycles. The van der Waals surface area contributed by atoms with E-state index in [1.807, 2.05) is 7.05 Å². The van der Waals surface area contributed by atoms with Crippen LogP contribution in [0.4, 0.5) is 0 Å². The Labute approximate surface area is 112 Å². The van der Waals surface area contributed by atoms with Crippen LogP contribution in [0.25, 0.3) is 0 Å². The van der Waals surface area contributed by atoms with Crippen molar-refractivity contribution in [2.75, 3.05) is 21.3 Å². The van der Waals surface area contributed by atoms with Gasteiger partial charge in [0.25, 0.3) is 0 Å². The van der Waals surface area contributed by atoms with Gasteiger partial charge in [-0.05, 0) is 11.1 Å². The van der Waals surface area contributed by atoms with E-state index in [9.17, 15) is 0 Å². The lowest BCUT2D eigenvalue weighted by molar-refractivity contribution is 0.152. The number of nitrogens with zero attached hydrogens (tertiary/aromatic N) is 1. The second-order valence-electron chi connectivity index (χ2n) is 4.03. The first-order valence-corrected chi connectivity index (χ1v) is 6.60. The highest BCUT2D eigenvalue weighted by Crippen LogP contribution is 2.46. The third-order valence-electron chi connectivity index (χ3n) is 2.94. The van der Waals surface area contributed by atoms with Crippen LogP contribution in [-0.4, -0.2) is 26.2 Å². The van der Waals surface area contributed by atoms with Gasteiger partial charge in [0.05, 0.1) is 14.2 Å². The van der Waals surface area contributed by atoms with E-state index in [0.717, 1.165) is 16.5 Å². The summed E-state index contributed by atoms with van der Waals surface area (Å²) in [6.07, 6.45) is 0. The maximum Gasteiger partial charge on any atom is 0.241 e. The first-order valence-electron chi connectivity index (χ1n) is 5.72. The van der Waals surface area contributed by atoms with Crippen molar-refractivity contribution < 1.29 is 9.47 Å². The minimum Gasteiger partial charge on any atom is -0.486 e. The van der Waals surface area contributed by atoms with Crippen molar-refractivity contribution in [1.82, 2.24) is 4.90 Å². The molecule has 0 aromatic heterocycles. The van der Waals surface area contributed by atoms with Crippen molar-refractivity contribution in [2.24, 2.45) is 5.73 Å². The van der Waals surface area contributed by atoms with Crippen molar-refractivity contribution in [1.29, 1.82) is 0 Å². The number of thioether (sulfide) groups is 1. The van der Waals surface area contributed by atoms with E-state index < -0.39 is 0 Å². The maximum atomic E-state index is 5.60. The Morgan fingerprint density at radius 2 is 1.89 bits per heavy atom. The van der Waals surface area contributed by atoms with Gasteiger partial charge < -0.3 is 20.1 Å². The second kappa shape index (κ2) is 5.54. The molecule has 4 nitrogen and oxygen atoms in total. The van der Waals surface area contributed by atoms with Gasteiger partial charge in [-0.15, -0.1) is 0 Å². The highest BCUT2D eigenvalue weighted by Gasteiger charge is 2.33. The van der Waals surface area contributed by atoms with Crippen molar-refractivity contribution in [3.05, 3.63) is 46.4 Å². The number of nitrogens with two attached hydrogens (primary N) is 1. The number of rotatable bonds is 4. The SMILES string of the molecule is COC1=C(OC)N(C)C(c2ccc(CN)cc2)S1. The molecule has 0 radical (unpaired) electrons. The zero-order valence-electron chi connectivity index (χ0n) is 10.8. The summed E-state index contributed by atoms with van der Waals surface area (Å²) in [4.78, 5) is 2.07. The van der Waals surface area contributed by atoms with Crippen LogP contribution in [0, 0.1) is 0 Å². The standard InChI is InChI=1S/C13H18N2O2S/c1-15-11(16-2)13(17-3)18-12(15)10-6-4-9(8-14)5-7-10/h4-7,12H,8,14H2,1-3H3. The molecule has 0 bridgehead atoms. The summed E-state index contributed by atoms with van der Waals surface area (Å²) in [5, 5.41) is 0.995. The number of hydrogen-bond donors (Lipinski definition) is 1. The smallest absolute Gasteiger partial charge is 0.241 e. The summed E-state index contributed by atoms with van der Waals surface area (Å²) in [6.45, 7) is 0.568. The fourth-order valence-corrected chi connectivity index (χ4v) is 3.13. The van der Waals surface area contributed by atoms with Gasteiger partial charge in [-0.3, -0.25) is 0 Å². The van der Waals surface area contributed by atoms with Crippen molar-refractivity contribution in [3.8, 4) is 0 Å². The summed E-state index contributed by atoms with van der Waals surface area (Å²) < 4.78 is 10.7. The van der Waals surface area contributed by atoms with Gasteiger partial charge in [-0.25, -0.2) is 0 Å². The predicted molar refractivity (Wildman–Crippen MR) is 73.5 cm³/mol. The van der Waals surface area contributed by atoms with Gasteiger partial charge >= 0.3 is 0 Å². The molecule has 1 unspecified atom stereocenters. The van der Waals surface area contributed by atoms with Crippen LogP contribution < -0.4 is 5.73 Å². The predicted octanol–water partition coefficient (Wildman–Crippen LogP) is 2.24. The molecule has 0 saturated heterocycles. The zero-order valence-corrected chi connectivity index (χ0v) is 11.7. The van der Waals surface area contributed by atoms with Crippen LogP contribution in [0.3, 0.4) is 0 Å². The molecule has 1 aliphatic heterocycles. The lowest BCUT2D eigenvalue weighted by Gasteiger charge is -2.22. The summed E-state index contributed by atoms with van der Waals surface area (Å²) >= 11 is 1.65. The average Bonchev–Trinajstić information content (AvgIpc) is 2.75. The Kier molecular flexibility index (Phi) is 4.04. The molecule has 0 fully saturated rings. The summed E-state index contributed by atoms with van der Waals surface area (Å²) in [7, 11) is 5.32. The molecule has 0 amide bonds. The highest BCUT2D eigenvalue weighted by atomic mass is 32.2. The molecule has 1 aromatic carbocycles. The Morgan fingerprint density at radius 1 is 1.22 bits per heavy atom. The molecule has 18 heavy (non-hydrogen) atoms. The van der Waals surface area contributed by atoms with Crippen molar-refractivity contribution >= 4 is 11.8 Å². The topological polar surface area (TPSA) is 47.7 Å². The highest BCUT2D eigenvalue weighted by molar-refractivity contribution is 8.03. The fraction of sp³-hybridized carbons (Fsp3) is 0.385. The summed E-state index contributed by atoms with van der Waals surface area (Å²) in [5.74, 6) is 0.774. The van der Waals surface area contributed by atoms with Crippen LogP contribution in [0.5, 0.6) is 0 Å². The number of hydrogen-bond acceptors (Lipinski definition) is 5. The molecule has 1 aromatic rings. The molecular formula is C13H18N2O2S. The minimum absolute atomic E-state index is 0.182. The van der Waals surface area contributed by atoms with E-state index >= 15 is 0 Å². The van der Waals surface area contributed by atoms with Crippen molar-refractivity contribution in [3.63, 3.8) is 0 Å². The first-order chi connectivity index (χ1) is 8.71. The van der Waals surface area contributed by atoms with Crippen LogP contribution >= 0.6 is 11.8 Å². The molecule has 2 rings (SSSR count). The normalized spacial score (nSPS) is 19.3. The van der Waals surface area contributed by atoms with E-state index in [2.05, 4.69) is 29.2 Å². The van der Waals surface area contributed by atoms with Gasteiger partial charge in [0, 0.05) is 13.6 Å². The molecule has 2 N–H and O–H groups in total. The fourth-order valence-electron chi connectivity index (χ4n) is 1.95. The molecule has 98 valence electrons. The largest absolute Gasteiger partial charge is 0.486 e. The molecule has 0 saturated carbocycles. The molecular weight excluding hydrogens is 248 g/mol. The van der Waals surface area contributed by atoms with Crippen LogP contribution in [0.15, 0.2) is 35.2 Å². The summed E-state index contributed by atoms with van der Waals surface area (Å²) in [5.41, 5.74) is 7.95. The molecule has 0 spiro atoms. The Bertz CT molecular complexity index is 445. The Hall–Kier alpha value is -1.33. The van der Waals surface area contributed by atoms with Gasteiger partial charge in [0.1, 0.15) is 5.37 Å². The van der Waals surface area contributed by atoms with Gasteiger partial charge in [-0.2, -0.15) is 0 Å². The van der Waals surface area contributed by atoms with Gasteiger partial charge in [0.2, 0.25) is 11.0 Å². The molecule has 1 atom stereocenters. The number of methoxy groups -OCH3 is 2. The van der Waals surface area contributed by atoms with Crippen LogP contribution in [-0.2, 0) is 16.0 Å². The molecule has 1 aliphatic rings. The third kappa shape index (κ3) is 2.28. The van der Waals surface area contributed by atoms with E-state index in [4.69, 9.17) is 15.2 Å². The second-order valence-corrected chi connectivity index (χ2v) is 5.08. The molecule has 1 heterocycles. The average molecular weight is 266 g/mol. The van der Waals surface area contributed by atoms with E-state index in [-0.39, 0.29) is 5.37 Å². The van der Waals surface area contributed by atoms with E-state index in [1.165, 1.54) is 5.56 Å².